The van der Waals surface area contributed by atoms with E-state index in [1.807, 2.05) is 22.8 Å². The number of thiophene rings is 1. The zero-order chi connectivity index (χ0) is 18.6. The molecule has 0 aliphatic carbocycles. The first kappa shape index (κ1) is 17.9. The number of alkyl halides is 3. The van der Waals surface area contributed by atoms with Crippen molar-refractivity contribution in [2.45, 2.75) is 12.7 Å². The van der Waals surface area contributed by atoms with Crippen LogP contribution in [0, 0.1) is 0 Å². The van der Waals surface area contributed by atoms with Crippen LogP contribution in [-0.4, -0.2) is 28.8 Å². The second kappa shape index (κ2) is 7.56. The first-order valence-electron chi connectivity index (χ1n) is 7.47. The van der Waals surface area contributed by atoms with Crippen LogP contribution in [0.3, 0.4) is 0 Å². The van der Waals surface area contributed by atoms with Crippen molar-refractivity contribution in [3.05, 3.63) is 53.2 Å². The van der Waals surface area contributed by atoms with Crippen LogP contribution in [0.4, 0.5) is 18.9 Å². The number of rotatable bonds is 6. The molecule has 0 bridgehead atoms. The van der Waals surface area contributed by atoms with Gasteiger partial charge in [-0.2, -0.15) is 18.2 Å². The first-order chi connectivity index (χ1) is 12.4. The van der Waals surface area contributed by atoms with Crippen molar-refractivity contribution >= 4 is 22.9 Å². The van der Waals surface area contributed by atoms with Gasteiger partial charge in [0.05, 0.1) is 17.0 Å². The van der Waals surface area contributed by atoms with E-state index in [1.54, 1.807) is 18.2 Å². The Hall–Kier alpha value is -2.88. The molecule has 1 amide bonds. The molecule has 10 heteroatoms. The van der Waals surface area contributed by atoms with Gasteiger partial charge in [-0.3, -0.25) is 4.79 Å². The topological polar surface area (TPSA) is 80.0 Å². The molecule has 0 unspecified atom stereocenters. The van der Waals surface area contributed by atoms with Crippen molar-refractivity contribution in [1.29, 1.82) is 0 Å². The third-order valence-corrected chi connectivity index (χ3v) is 4.13. The number of benzene rings is 1. The number of anilines is 1. The maximum absolute atomic E-state index is 12.3. The van der Waals surface area contributed by atoms with E-state index in [9.17, 15) is 18.0 Å². The lowest BCUT2D eigenvalue weighted by molar-refractivity contribution is -0.123. The molecule has 1 aromatic carbocycles. The molecule has 26 heavy (non-hydrogen) atoms. The lowest BCUT2D eigenvalue weighted by Crippen LogP contribution is -2.34. The molecule has 0 radical (unpaired) electrons. The Morgan fingerprint density at radius 2 is 2.00 bits per heavy atom. The molecule has 3 aromatic rings. The maximum atomic E-state index is 12.3. The smallest absolute Gasteiger partial charge is 0.375 e. The van der Waals surface area contributed by atoms with Gasteiger partial charge in [-0.1, -0.05) is 23.4 Å². The van der Waals surface area contributed by atoms with Gasteiger partial charge in [0.15, 0.2) is 0 Å². The van der Waals surface area contributed by atoms with E-state index in [2.05, 4.69) is 15.5 Å². The van der Waals surface area contributed by atoms with E-state index in [0.717, 1.165) is 4.88 Å². The van der Waals surface area contributed by atoms with Crippen molar-refractivity contribution in [3.63, 3.8) is 0 Å². The SMILES string of the molecule is O=C(NCC(F)(F)F)c1ccccc1NCc1nc(-c2cccs2)no1. The van der Waals surface area contributed by atoms with Gasteiger partial charge < -0.3 is 15.2 Å². The summed E-state index contributed by atoms with van der Waals surface area (Å²) in [7, 11) is 0. The average molecular weight is 382 g/mol. The second-order valence-electron chi connectivity index (χ2n) is 5.19. The maximum Gasteiger partial charge on any atom is 0.405 e. The molecule has 3 rings (SSSR count). The minimum absolute atomic E-state index is 0.0924. The van der Waals surface area contributed by atoms with Crippen molar-refractivity contribution < 1.29 is 22.5 Å². The molecule has 136 valence electrons. The minimum Gasteiger partial charge on any atom is -0.375 e. The summed E-state index contributed by atoms with van der Waals surface area (Å²) in [6, 6.07) is 9.96. The van der Waals surface area contributed by atoms with E-state index in [1.165, 1.54) is 17.4 Å². The van der Waals surface area contributed by atoms with Crippen molar-refractivity contribution in [3.8, 4) is 10.7 Å². The normalized spacial score (nSPS) is 11.3. The van der Waals surface area contributed by atoms with Gasteiger partial charge in [0.1, 0.15) is 6.54 Å². The summed E-state index contributed by atoms with van der Waals surface area (Å²) in [5.74, 6) is -0.0814. The molecule has 2 heterocycles. The lowest BCUT2D eigenvalue weighted by atomic mass is 10.1. The Morgan fingerprint density at radius 3 is 2.73 bits per heavy atom. The molecule has 0 spiro atoms. The first-order valence-corrected chi connectivity index (χ1v) is 8.34. The van der Waals surface area contributed by atoms with E-state index < -0.39 is 18.6 Å². The highest BCUT2D eigenvalue weighted by Crippen LogP contribution is 2.22. The number of halogens is 3. The molecule has 0 aliphatic heterocycles. The molecule has 0 fully saturated rings. The summed E-state index contributed by atoms with van der Waals surface area (Å²) in [5.41, 5.74) is 0.456. The van der Waals surface area contributed by atoms with Gasteiger partial charge in [-0.25, -0.2) is 0 Å². The van der Waals surface area contributed by atoms with Crippen LogP contribution >= 0.6 is 11.3 Å². The molecular formula is C16H13F3N4O2S. The molecule has 6 nitrogen and oxygen atoms in total. The fraction of sp³-hybridized carbons (Fsp3) is 0.188. The van der Waals surface area contributed by atoms with Crippen LogP contribution < -0.4 is 10.6 Å². The molecule has 0 saturated heterocycles. The van der Waals surface area contributed by atoms with Crippen LogP contribution in [0.1, 0.15) is 16.2 Å². The Labute approximate surface area is 150 Å². The quantitative estimate of drug-likeness (QED) is 0.680. The number of carbonyl (C=O) groups is 1. The summed E-state index contributed by atoms with van der Waals surface area (Å²) in [6.45, 7) is -1.27. The van der Waals surface area contributed by atoms with Crippen molar-refractivity contribution in [1.82, 2.24) is 15.5 Å². The summed E-state index contributed by atoms with van der Waals surface area (Å²) in [6.07, 6.45) is -4.47. The fourth-order valence-electron chi connectivity index (χ4n) is 2.11. The third kappa shape index (κ3) is 4.60. The number of carbonyl (C=O) groups excluding carboxylic acids is 1. The Balaban J connectivity index is 1.66. The van der Waals surface area contributed by atoms with E-state index >= 15 is 0 Å². The van der Waals surface area contributed by atoms with Gasteiger partial charge in [0, 0.05) is 5.69 Å². The van der Waals surface area contributed by atoms with Gasteiger partial charge in [0.25, 0.3) is 5.91 Å². The average Bonchev–Trinajstić information content (AvgIpc) is 3.28. The summed E-state index contributed by atoms with van der Waals surface area (Å²) >= 11 is 1.47. The van der Waals surface area contributed by atoms with Gasteiger partial charge in [-0.05, 0) is 23.6 Å². The molecular weight excluding hydrogens is 369 g/mol. The highest BCUT2D eigenvalue weighted by molar-refractivity contribution is 7.13. The third-order valence-electron chi connectivity index (χ3n) is 3.26. The number of hydrogen-bond acceptors (Lipinski definition) is 6. The van der Waals surface area contributed by atoms with Crippen molar-refractivity contribution in [2.75, 3.05) is 11.9 Å². The highest BCUT2D eigenvalue weighted by Gasteiger charge is 2.28. The Kier molecular flexibility index (Phi) is 5.21. The van der Waals surface area contributed by atoms with E-state index in [-0.39, 0.29) is 12.1 Å². The molecule has 0 saturated carbocycles. The van der Waals surface area contributed by atoms with Crippen LogP contribution in [0.15, 0.2) is 46.3 Å². The van der Waals surface area contributed by atoms with Crippen LogP contribution in [0.25, 0.3) is 10.7 Å². The molecule has 2 aromatic heterocycles. The summed E-state index contributed by atoms with van der Waals surface area (Å²) in [5, 5.41) is 10.5. The highest BCUT2D eigenvalue weighted by atomic mass is 32.1. The van der Waals surface area contributed by atoms with Crippen LogP contribution in [0.2, 0.25) is 0 Å². The molecule has 0 aliphatic rings. The zero-order valence-electron chi connectivity index (χ0n) is 13.2. The number of hydrogen-bond donors (Lipinski definition) is 2. The number of amides is 1. The summed E-state index contributed by atoms with van der Waals surface area (Å²) in [4.78, 5) is 17.1. The molecule has 2 N–H and O–H groups in total. The van der Waals surface area contributed by atoms with Crippen LogP contribution in [0.5, 0.6) is 0 Å². The van der Waals surface area contributed by atoms with Crippen LogP contribution in [-0.2, 0) is 6.54 Å². The van der Waals surface area contributed by atoms with Crippen molar-refractivity contribution in [2.24, 2.45) is 0 Å². The van der Waals surface area contributed by atoms with E-state index in [4.69, 9.17) is 4.52 Å². The lowest BCUT2D eigenvalue weighted by Gasteiger charge is -2.12. The largest absolute Gasteiger partial charge is 0.405 e. The second-order valence-corrected chi connectivity index (χ2v) is 6.13. The minimum atomic E-state index is -4.47. The Morgan fingerprint density at radius 1 is 1.19 bits per heavy atom. The van der Waals surface area contributed by atoms with Gasteiger partial charge >= 0.3 is 6.18 Å². The standard InChI is InChI=1S/C16H13F3N4O2S/c17-16(18,19)9-21-15(24)10-4-1-2-5-11(10)20-8-13-22-14(23-25-13)12-6-3-7-26-12/h1-7,20H,8-9H2,(H,21,24). The predicted molar refractivity (Wildman–Crippen MR) is 89.8 cm³/mol. The van der Waals surface area contributed by atoms with Gasteiger partial charge in [0.2, 0.25) is 11.7 Å². The van der Waals surface area contributed by atoms with E-state index in [0.29, 0.717) is 17.4 Å². The zero-order valence-corrected chi connectivity index (χ0v) is 14.0. The summed E-state index contributed by atoms with van der Waals surface area (Å²) < 4.78 is 41.9. The number of nitrogens with one attached hydrogen (secondary N) is 2. The predicted octanol–water partition coefficient (Wildman–Crippen LogP) is 3.70. The molecule has 0 atom stereocenters. The fourth-order valence-corrected chi connectivity index (χ4v) is 2.76. The van der Waals surface area contributed by atoms with Gasteiger partial charge in [-0.15, -0.1) is 11.3 Å². The monoisotopic (exact) mass is 382 g/mol. The Bertz CT molecular complexity index is 878. The number of para-hydroxylation sites is 1. The number of nitrogens with zero attached hydrogens (tertiary/aromatic N) is 2. The number of aromatic nitrogens is 2.